The number of tetrazole rings is 1. The molecule has 0 bridgehead atoms. The Hall–Kier alpha value is -3.39. The molecule has 1 aliphatic heterocycles. The first kappa shape index (κ1) is 22.8. The minimum Gasteiger partial charge on any atom is -0.424 e. The molecular weight excluding hydrogens is 514 g/mol. The van der Waals surface area contributed by atoms with Crippen LogP contribution in [-0.4, -0.2) is 42.9 Å². The Morgan fingerprint density at radius 1 is 1.21 bits per heavy atom. The van der Waals surface area contributed by atoms with Gasteiger partial charge in [0.05, 0.1) is 19.3 Å². The number of hydrogen-bond donors (Lipinski definition) is 2. The van der Waals surface area contributed by atoms with Crippen LogP contribution in [0.5, 0.6) is 5.75 Å². The zero-order chi connectivity index (χ0) is 23.6. The summed E-state index contributed by atoms with van der Waals surface area (Å²) in [4.78, 5) is 7.77. The molecule has 0 saturated carbocycles. The molecule has 0 saturated heterocycles. The van der Waals surface area contributed by atoms with Crippen LogP contribution < -0.4 is 10.1 Å². The summed E-state index contributed by atoms with van der Waals surface area (Å²) >= 11 is 3.26. The van der Waals surface area contributed by atoms with Crippen LogP contribution in [0.15, 0.2) is 58.5 Å². The number of benzene rings is 1. The van der Waals surface area contributed by atoms with Crippen molar-refractivity contribution < 1.29 is 27.4 Å². The van der Waals surface area contributed by atoms with Gasteiger partial charge in [-0.1, -0.05) is 15.9 Å². The molecule has 0 amide bonds. The molecule has 0 aliphatic carbocycles. The maximum absolute atomic E-state index is 15.7. The number of nitrogens with one attached hydrogen (secondary N) is 1. The summed E-state index contributed by atoms with van der Waals surface area (Å²) in [7, 11) is 0. The Kier molecular flexibility index (Phi) is 6.12. The second-order valence-electron chi connectivity index (χ2n) is 6.90. The molecule has 14 heteroatoms. The largest absolute Gasteiger partial charge is 0.424 e. The average molecular weight is 528 g/mol. The number of aliphatic imine (C=N–C) groups is 1. The molecule has 0 fully saturated rings. The highest BCUT2D eigenvalue weighted by Gasteiger charge is 2.58. The fraction of sp³-hybridized carbons (Fsp3) is 0.211. The quantitative estimate of drug-likeness (QED) is 0.474. The van der Waals surface area contributed by atoms with Crippen LogP contribution in [0, 0.1) is 11.6 Å². The monoisotopic (exact) mass is 527 g/mol. The molecule has 3 aromatic rings. The van der Waals surface area contributed by atoms with Gasteiger partial charge in [-0.25, -0.2) is 18.5 Å². The van der Waals surface area contributed by atoms with Gasteiger partial charge >= 0.3 is 5.92 Å². The Morgan fingerprint density at radius 2 is 2.03 bits per heavy atom. The van der Waals surface area contributed by atoms with Gasteiger partial charge < -0.3 is 15.2 Å². The number of pyridine rings is 1. The van der Waals surface area contributed by atoms with Crippen LogP contribution in [0.4, 0.5) is 17.6 Å². The molecule has 2 N–H and O–H groups in total. The van der Waals surface area contributed by atoms with Crippen molar-refractivity contribution in [2.45, 2.75) is 18.1 Å². The van der Waals surface area contributed by atoms with Crippen LogP contribution >= 0.6 is 15.9 Å². The minimum atomic E-state index is -4.16. The van der Waals surface area contributed by atoms with Crippen LogP contribution in [0.25, 0.3) is 0 Å². The minimum absolute atomic E-state index is 0.0872. The van der Waals surface area contributed by atoms with Gasteiger partial charge in [0.2, 0.25) is 0 Å². The van der Waals surface area contributed by atoms with E-state index in [-0.39, 0.29) is 11.8 Å². The highest BCUT2D eigenvalue weighted by atomic mass is 79.9. The fourth-order valence-electron chi connectivity index (χ4n) is 3.06. The zero-order valence-corrected chi connectivity index (χ0v) is 18.0. The molecule has 4 rings (SSSR count). The zero-order valence-electron chi connectivity index (χ0n) is 16.5. The van der Waals surface area contributed by atoms with E-state index < -0.39 is 41.0 Å². The number of hydrogen-bond acceptors (Lipinski definition) is 8. The summed E-state index contributed by atoms with van der Waals surface area (Å²) < 4.78 is 66.2. The van der Waals surface area contributed by atoms with Crippen molar-refractivity contribution in [3.63, 3.8) is 0 Å². The van der Waals surface area contributed by atoms with E-state index in [1.165, 1.54) is 6.07 Å². The van der Waals surface area contributed by atoms with Gasteiger partial charge in [-0.05, 0) is 34.7 Å². The molecule has 1 aliphatic rings. The molecule has 172 valence electrons. The van der Waals surface area contributed by atoms with Crippen molar-refractivity contribution in [1.29, 1.82) is 0 Å². The maximum Gasteiger partial charge on any atom is 0.323 e. The number of alkyl halides is 2. The summed E-state index contributed by atoms with van der Waals surface area (Å²) in [6.07, 6.45) is 3.57. The lowest BCUT2D eigenvalue weighted by molar-refractivity contribution is -0.207. The fourth-order valence-corrected chi connectivity index (χ4v) is 3.30. The second kappa shape index (κ2) is 8.86. The molecule has 0 radical (unpaired) electrons. The predicted molar refractivity (Wildman–Crippen MR) is 109 cm³/mol. The van der Waals surface area contributed by atoms with Crippen LogP contribution in [0.3, 0.4) is 0 Å². The summed E-state index contributed by atoms with van der Waals surface area (Å²) in [5.41, 5.74) is -4.97. The van der Waals surface area contributed by atoms with Gasteiger partial charge in [0, 0.05) is 22.3 Å². The van der Waals surface area contributed by atoms with Crippen molar-refractivity contribution in [2.75, 3.05) is 6.54 Å². The summed E-state index contributed by atoms with van der Waals surface area (Å²) in [6, 6.07) is 4.11. The molecule has 1 unspecified atom stereocenters. The van der Waals surface area contributed by atoms with Crippen molar-refractivity contribution in [3.05, 3.63) is 76.4 Å². The van der Waals surface area contributed by atoms with Crippen molar-refractivity contribution in [3.8, 4) is 5.75 Å². The molecule has 2 aromatic heterocycles. The van der Waals surface area contributed by atoms with E-state index in [2.05, 4.69) is 46.7 Å². The van der Waals surface area contributed by atoms with Crippen LogP contribution in [0.2, 0.25) is 0 Å². The third-order valence-electron chi connectivity index (χ3n) is 4.68. The van der Waals surface area contributed by atoms with E-state index in [0.717, 1.165) is 39.9 Å². The predicted octanol–water partition coefficient (Wildman–Crippen LogP) is 2.60. The van der Waals surface area contributed by atoms with E-state index in [1.54, 1.807) is 6.20 Å². The number of aliphatic hydroxyl groups is 1. The van der Waals surface area contributed by atoms with E-state index in [9.17, 15) is 13.9 Å². The molecule has 9 nitrogen and oxygen atoms in total. The SMILES string of the molecule is OC(Cn1cnnn1)(c1ccc(F)cc1F)C(F)(F)c1ccc(OC2=NCC(Br)=CN2)cn1. The topological polar surface area (TPSA) is 110 Å². The smallest absolute Gasteiger partial charge is 0.323 e. The number of aromatic nitrogens is 5. The van der Waals surface area contributed by atoms with Crippen molar-refractivity contribution in [1.82, 2.24) is 30.5 Å². The first-order valence-corrected chi connectivity index (χ1v) is 10.0. The first-order chi connectivity index (χ1) is 15.7. The Labute approximate surface area is 191 Å². The standard InChI is InChI=1S/C19H14BrF4N7O2/c20-11-6-26-17(27-7-11)33-13-2-4-16(25-8-13)19(23,24)18(32,9-31-10-28-29-30-31)14-3-1-12(21)5-15(14)22/h1-6,8,10,32H,7,9H2,(H,26,27). The highest BCUT2D eigenvalue weighted by molar-refractivity contribution is 9.11. The average Bonchev–Trinajstić information content (AvgIpc) is 3.28. The normalized spacial score (nSPS) is 15.8. The van der Waals surface area contributed by atoms with Crippen molar-refractivity contribution in [2.24, 2.45) is 4.99 Å². The second-order valence-corrected chi connectivity index (χ2v) is 7.92. The number of ether oxygens (including phenoxy) is 1. The van der Waals surface area contributed by atoms with E-state index in [4.69, 9.17) is 4.74 Å². The number of halogens is 5. The van der Waals surface area contributed by atoms with Gasteiger partial charge in [0.25, 0.3) is 6.02 Å². The van der Waals surface area contributed by atoms with Gasteiger partial charge in [0.15, 0.2) is 5.60 Å². The number of amidine groups is 1. The Balaban J connectivity index is 1.67. The molecule has 0 spiro atoms. The molecule has 3 heterocycles. The summed E-state index contributed by atoms with van der Waals surface area (Å²) in [5.74, 6) is -6.44. The molecule has 1 atom stereocenters. The van der Waals surface area contributed by atoms with E-state index >= 15 is 8.78 Å². The third-order valence-corrected chi connectivity index (χ3v) is 5.16. The summed E-state index contributed by atoms with van der Waals surface area (Å²) in [6.45, 7) is -0.614. The highest BCUT2D eigenvalue weighted by Crippen LogP contribution is 2.46. The third kappa shape index (κ3) is 4.57. The lowest BCUT2D eigenvalue weighted by atomic mass is 9.84. The molecule has 1 aromatic carbocycles. The maximum atomic E-state index is 15.7. The number of rotatable bonds is 6. The van der Waals surface area contributed by atoms with Gasteiger partial charge in [-0.15, -0.1) is 5.10 Å². The molecule has 33 heavy (non-hydrogen) atoms. The number of nitrogens with zero attached hydrogens (tertiary/aromatic N) is 6. The van der Waals surface area contributed by atoms with Gasteiger partial charge in [0.1, 0.15) is 29.4 Å². The van der Waals surface area contributed by atoms with Crippen LogP contribution in [-0.2, 0) is 18.1 Å². The lowest BCUT2D eigenvalue weighted by Crippen LogP contribution is -2.48. The Bertz CT molecular complexity index is 1210. The lowest BCUT2D eigenvalue weighted by Gasteiger charge is -2.35. The van der Waals surface area contributed by atoms with E-state index in [0.29, 0.717) is 12.6 Å². The van der Waals surface area contributed by atoms with Gasteiger partial charge in [-0.2, -0.15) is 8.78 Å². The summed E-state index contributed by atoms with van der Waals surface area (Å²) in [5, 5.41) is 24.0. The van der Waals surface area contributed by atoms with Crippen LogP contribution in [0.1, 0.15) is 11.3 Å². The van der Waals surface area contributed by atoms with Gasteiger partial charge in [-0.3, -0.25) is 4.98 Å². The van der Waals surface area contributed by atoms with Crippen molar-refractivity contribution >= 4 is 22.0 Å². The van der Waals surface area contributed by atoms with E-state index in [1.807, 2.05) is 0 Å². The molecular formula is C19H14BrF4N7O2. The first-order valence-electron chi connectivity index (χ1n) is 9.25. The Morgan fingerprint density at radius 3 is 2.64 bits per heavy atom.